The first kappa shape index (κ1) is 21.1. The van der Waals surface area contributed by atoms with Crippen LogP contribution in [0.4, 0.5) is 4.39 Å². The Hall–Kier alpha value is -3.79. The van der Waals surface area contributed by atoms with Crippen LogP contribution in [0.15, 0.2) is 36.5 Å². The summed E-state index contributed by atoms with van der Waals surface area (Å²) < 4.78 is 21.7. The molecule has 4 aromatic rings. The van der Waals surface area contributed by atoms with Gasteiger partial charge in [0.25, 0.3) is 0 Å². The Bertz CT molecular complexity index is 1410. The van der Waals surface area contributed by atoms with E-state index in [4.69, 9.17) is 21.4 Å². The summed E-state index contributed by atoms with van der Waals surface area (Å²) in [5, 5.41) is 9.18. The maximum absolute atomic E-state index is 13.6. The number of nitrogens with zero attached hydrogens (tertiary/aromatic N) is 6. The van der Waals surface area contributed by atoms with Gasteiger partial charge in [-0.2, -0.15) is 10.2 Å². The zero-order valence-corrected chi connectivity index (χ0v) is 18.5. The molecule has 0 atom stereocenters. The maximum Gasteiger partial charge on any atom is 0.358 e. The van der Waals surface area contributed by atoms with Gasteiger partial charge >= 0.3 is 5.97 Å². The van der Waals surface area contributed by atoms with Gasteiger partial charge in [0.05, 0.1) is 32.1 Å². The largest absolute Gasteiger partial charge is 0.464 e. The van der Waals surface area contributed by atoms with Crippen LogP contribution in [0.25, 0.3) is 28.0 Å². The monoisotopic (exact) mass is 468 g/mol. The molecule has 1 amide bonds. The van der Waals surface area contributed by atoms with Crippen LogP contribution in [0.2, 0.25) is 5.15 Å². The minimum Gasteiger partial charge on any atom is -0.464 e. The van der Waals surface area contributed by atoms with E-state index in [0.717, 1.165) is 5.69 Å². The number of carbonyl (C=O) groups excluding carboxylic acids is 2. The summed E-state index contributed by atoms with van der Waals surface area (Å²) in [6, 6.07) is 7.64. The Balaban J connectivity index is 1.80. The molecule has 0 unspecified atom stereocenters. The van der Waals surface area contributed by atoms with Gasteiger partial charge in [0.15, 0.2) is 16.5 Å². The standard InChI is InChI=1S/C22H18ClFN6O3/c1-12(31)28-7-8-29-17(11-28)19(20(27-29)13-3-5-14(24)6-4-13)15-9-18(23)26-30-10-16(22(32)33-2)25-21(15)30/h3-6,9-10H,7-8,11H2,1-2H3. The van der Waals surface area contributed by atoms with Crippen LogP contribution in [0.3, 0.4) is 0 Å². The molecule has 4 heterocycles. The number of imidazole rings is 1. The van der Waals surface area contributed by atoms with Crippen LogP contribution in [-0.2, 0) is 22.6 Å². The Morgan fingerprint density at radius 1 is 1.15 bits per heavy atom. The molecule has 0 spiro atoms. The predicted octanol–water partition coefficient (Wildman–Crippen LogP) is 3.20. The highest BCUT2D eigenvalue weighted by atomic mass is 35.5. The van der Waals surface area contributed by atoms with Gasteiger partial charge in [-0.1, -0.05) is 11.6 Å². The van der Waals surface area contributed by atoms with Crippen molar-refractivity contribution in [2.75, 3.05) is 13.7 Å². The average Bonchev–Trinajstić information content (AvgIpc) is 3.39. The second-order valence-corrected chi connectivity index (χ2v) is 7.99. The summed E-state index contributed by atoms with van der Waals surface area (Å²) in [4.78, 5) is 30.3. The first-order chi connectivity index (χ1) is 15.9. The van der Waals surface area contributed by atoms with Crippen LogP contribution in [0, 0.1) is 5.82 Å². The topological polar surface area (TPSA) is 94.6 Å². The first-order valence-electron chi connectivity index (χ1n) is 10.1. The second kappa shape index (κ2) is 7.96. The number of hydrogen-bond donors (Lipinski definition) is 0. The maximum atomic E-state index is 13.6. The number of benzene rings is 1. The summed E-state index contributed by atoms with van der Waals surface area (Å²) in [6.45, 7) is 2.87. The molecule has 3 aromatic heterocycles. The van der Waals surface area contributed by atoms with Gasteiger partial charge in [-0.25, -0.2) is 18.7 Å². The molecule has 1 aliphatic rings. The van der Waals surface area contributed by atoms with E-state index >= 15 is 0 Å². The lowest BCUT2D eigenvalue weighted by Crippen LogP contribution is -2.37. The molecule has 0 N–H and O–H groups in total. The van der Waals surface area contributed by atoms with Gasteiger partial charge in [0.1, 0.15) is 11.5 Å². The fourth-order valence-corrected chi connectivity index (χ4v) is 4.20. The summed E-state index contributed by atoms with van der Waals surface area (Å²) in [6.07, 6.45) is 1.44. The van der Waals surface area contributed by atoms with Crippen LogP contribution in [-0.4, -0.2) is 54.8 Å². The lowest BCUT2D eigenvalue weighted by molar-refractivity contribution is -0.130. The zero-order chi connectivity index (χ0) is 23.3. The number of methoxy groups -OCH3 is 1. The van der Waals surface area contributed by atoms with Crippen molar-refractivity contribution in [1.29, 1.82) is 0 Å². The van der Waals surface area contributed by atoms with E-state index < -0.39 is 5.97 Å². The molecule has 1 aromatic carbocycles. The van der Waals surface area contributed by atoms with Gasteiger partial charge in [0, 0.05) is 30.2 Å². The SMILES string of the molecule is COC(=O)c1cn2nc(Cl)cc(-c3c(-c4ccc(F)cc4)nn4c3CN(C(C)=O)CC4)c2n1. The highest BCUT2D eigenvalue weighted by Crippen LogP contribution is 2.39. The van der Waals surface area contributed by atoms with Gasteiger partial charge in [-0.05, 0) is 30.3 Å². The smallest absolute Gasteiger partial charge is 0.358 e. The molecular weight excluding hydrogens is 451 g/mol. The van der Waals surface area contributed by atoms with E-state index in [-0.39, 0.29) is 22.6 Å². The van der Waals surface area contributed by atoms with E-state index in [2.05, 4.69) is 10.1 Å². The van der Waals surface area contributed by atoms with Crippen molar-refractivity contribution in [3.8, 4) is 22.4 Å². The quantitative estimate of drug-likeness (QED) is 0.428. The van der Waals surface area contributed by atoms with E-state index in [1.165, 1.54) is 36.9 Å². The number of amides is 1. The van der Waals surface area contributed by atoms with Crippen LogP contribution in [0.5, 0.6) is 0 Å². The molecule has 9 nitrogen and oxygen atoms in total. The molecule has 1 aliphatic heterocycles. The number of halogens is 2. The van der Waals surface area contributed by atoms with Crippen LogP contribution >= 0.6 is 11.6 Å². The van der Waals surface area contributed by atoms with Crippen molar-refractivity contribution in [1.82, 2.24) is 29.3 Å². The van der Waals surface area contributed by atoms with E-state index in [1.807, 2.05) is 4.68 Å². The van der Waals surface area contributed by atoms with Crippen molar-refractivity contribution in [2.24, 2.45) is 0 Å². The number of hydrogen-bond acceptors (Lipinski definition) is 6. The normalized spacial score (nSPS) is 13.3. The Morgan fingerprint density at radius 2 is 1.91 bits per heavy atom. The Labute approximate surface area is 192 Å². The van der Waals surface area contributed by atoms with Crippen molar-refractivity contribution in [2.45, 2.75) is 20.0 Å². The zero-order valence-electron chi connectivity index (χ0n) is 17.7. The molecule has 168 valence electrons. The molecule has 0 radical (unpaired) electrons. The summed E-state index contributed by atoms with van der Waals surface area (Å²) in [5.74, 6) is -1.03. The van der Waals surface area contributed by atoms with Gasteiger partial charge < -0.3 is 9.64 Å². The molecule has 0 saturated heterocycles. The fraction of sp³-hybridized carbons (Fsp3) is 0.227. The molecule has 0 aliphatic carbocycles. The summed E-state index contributed by atoms with van der Waals surface area (Å²) in [7, 11) is 1.27. The second-order valence-electron chi connectivity index (χ2n) is 7.61. The third kappa shape index (κ3) is 3.62. The van der Waals surface area contributed by atoms with Gasteiger partial charge in [-0.3, -0.25) is 9.48 Å². The number of ether oxygens (including phenoxy) is 1. The molecule has 11 heteroatoms. The molecule has 0 bridgehead atoms. The minimum atomic E-state index is -0.610. The lowest BCUT2D eigenvalue weighted by atomic mass is 9.99. The molecule has 0 saturated carbocycles. The third-order valence-corrected chi connectivity index (χ3v) is 5.79. The molecule has 33 heavy (non-hydrogen) atoms. The number of esters is 1. The molecule has 5 rings (SSSR count). The predicted molar refractivity (Wildman–Crippen MR) is 117 cm³/mol. The number of fused-ring (bicyclic) bond motifs is 2. The molecule has 0 fully saturated rings. The van der Waals surface area contributed by atoms with Crippen molar-refractivity contribution in [3.05, 3.63) is 58.9 Å². The van der Waals surface area contributed by atoms with E-state index in [1.54, 1.807) is 23.1 Å². The van der Waals surface area contributed by atoms with Gasteiger partial charge in [-0.15, -0.1) is 0 Å². The van der Waals surface area contributed by atoms with Crippen molar-refractivity contribution < 1.29 is 18.7 Å². The Kier molecular flexibility index (Phi) is 5.09. The minimum absolute atomic E-state index is 0.0524. The number of carbonyl (C=O) groups is 2. The lowest BCUT2D eigenvalue weighted by Gasteiger charge is -2.27. The van der Waals surface area contributed by atoms with Crippen molar-refractivity contribution in [3.63, 3.8) is 0 Å². The Morgan fingerprint density at radius 3 is 2.61 bits per heavy atom. The van der Waals surface area contributed by atoms with E-state index in [0.29, 0.717) is 47.7 Å². The third-order valence-electron chi connectivity index (χ3n) is 5.60. The van der Waals surface area contributed by atoms with Crippen LogP contribution in [0.1, 0.15) is 23.1 Å². The molecular formula is C22H18ClFN6O3. The highest BCUT2D eigenvalue weighted by molar-refractivity contribution is 6.29. The number of rotatable bonds is 3. The number of aromatic nitrogens is 5. The average molecular weight is 469 g/mol. The first-order valence-corrected chi connectivity index (χ1v) is 10.5. The summed E-state index contributed by atoms with van der Waals surface area (Å²) in [5.41, 5.74) is 3.76. The summed E-state index contributed by atoms with van der Waals surface area (Å²) >= 11 is 6.33. The van der Waals surface area contributed by atoms with Crippen LogP contribution < -0.4 is 0 Å². The van der Waals surface area contributed by atoms with E-state index in [9.17, 15) is 14.0 Å². The van der Waals surface area contributed by atoms with Crippen molar-refractivity contribution >= 4 is 29.1 Å². The van der Waals surface area contributed by atoms with Gasteiger partial charge in [0.2, 0.25) is 5.91 Å². The fourth-order valence-electron chi connectivity index (χ4n) is 4.01. The highest BCUT2D eigenvalue weighted by Gasteiger charge is 2.29.